The van der Waals surface area contributed by atoms with Gasteiger partial charge in [0.15, 0.2) is 0 Å². The van der Waals surface area contributed by atoms with E-state index >= 15 is 0 Å². The lowest BCUT2D eigenvalue weighted by Gasteiger charge is -2.09. The summed E-state index contributed by atoms with van der Waals surface area (Å²) in [6.07, 6.45) is 5.60. The molecule has 1 aromatic carbocycles. The molecule has 0 radical (unpaired) electrons. The fourth-order valence-electron chi connectivity index (χ4n) is 2.55. The molecule has 1 aliphatic heterocycles. The summed E-state index contributed by atoms with van der Waals surface area (Å²) in [6.45, 7) is 3.28. The molecule has 2 aromatic rings. The van der Waals surface area contributed by atoms with Gasteiger partial charge in [-0.3, -0.25) is 0 Å². The maximum absolute atomic E-state index is 5.46. The molecule has 2 heteroatoms. The maximum atomic E-state index is 5.46. The van der Waals surface area contributed by atoms with Crippen molar-refractivity contribution in [3.05, 3.63) is 35.6 Å². The predicted octanol–water partition coefficient (Wildman–Crippen LogP) is 3.04. The van der Waals surface area contributed by atoms with Crippen LogP contribution in [0.1, 0.15) is 24.0 Å². The molecule has 16 heavy (non-hydrogen) atoms. The van der Waals surface area contributed by atoms with Crippen LogP contribution in [0.25, 0.3) is 11.0 Å². The Morgan fingerprint density at radius 1 is 1.44 bits per heavy atom. The van der Waals surface area contributed by atoms with Crippen molar-refractivity contribution in [2.24, 2.45) is 0 Å². The summed E-state index contributed by atoms with van der Waals surface area (Å²) in [5, 5.41) is 4.80. The first-order valence-electron chi connectivity index (χ1n) is 6.03. The quantitative estimate of drug-likeness (QED) is 0.833. The second kappa shape index (κ2) is 3.95. The number of benzene rings is 1. The lowest BCUT2D eigenvalue weighted by molar-refractivity contribution is 0.601. The molecule has 1 aromatic heterocycles. The predicted molar refractivity (Wildman–Crippen MR) is 65.7 cm³/mol. The lowest BCUT2D eigenvalue weighted by atomic mass is 10.0. The highest BCUT2D eigenvalue weighted by molar-refractivity contribution is 5.81. The van der Waals surface area contributed by atoms with E-state index in [1.54, 1.807) is 0 Å². The van der Waals surface area contributed by atoms with Gasteiger partial charge in [0.2, 0.25) is 0 Å². The van der Waals surface area contributed by atoms with Crippen molar-refractivity contribution in [2.45, 2.75) is 32.2 Å². The first-order chi connectivity index (χ1) is 7.83. The number of hydrogen-bond acceptors (Lipinski definition) is 2. The largest absolute Gasteiger partial charge is 0.464 e. The van der Waals surface area contributed by atoms with Crippen molar-refractivity contribution in [3.8, 4) is 0 Å². The van der Waals surface area contributed by atoms with Crippen LogP contribution in [0.15, 0.2) is 28.9 Å². The van der Waals surface area contributed by atoms with Crippen LogP contribution in [0.4, 0.5) is 0 Å². The minimum atomic E-state index is 0.671. The van der Waals surface area contributed by atoms with E-state index in [-0.39, 0.29) is 0 Å². The summed E-state index contributed by atoms with van der Waals surface area (Å²) in [5.74, 6) is 0. The number of hydrogen-bond donors (Lipinski definition) is 1. The monoisotopic (exact) mass is 215 g/mol. The van der Waals surface area contributed by atoms with Gasteiger partial charge in [0, 0.05) is 11.4 Å². The van der Waals surface area contributed by atoms with Gasteiger partial charge >= 0.3 is 0 Å². The van der Waals surface area contributed by atoms with Crippen molar-refractivity contribution < 1.29 is 4.42 Å². The van der Waals surface area contributed by atoms with Gasteiger partial charge in [-0.25, -0.2) is 0 Å². The molecule has 0 saturated carbocycles. The zero-order valence-electron chi connectivity index (χ0n) is 9.62. The third kappa shape index (κ3) is 1.74. The Morgan fingerprint density at radius 3 is 3.19 bits per heavy atom. The van der Waals surface area contributed by atoms with Gasteiger partial charge in [0.1, 0.15) is 5.58 Å². The van der Waals surface area contributed by atoms with Crippen LogP contribution >= 0.6 is 0 Å². The van der Waals surface area contributed by atoms with Gasteiger partial charge in [-0.2, -0.15) is 0 Å². The van der Waals surface area contributed by atoms with Gasteiger partial charge in [-0.05, 0) is 56.0 Å². The third-order valence-electron chi connectivity index (χ3n) is 3.48. The average Bonchev–Trinajstić information content (AvgIpc) is 2.90. The van der Waals surface area contributed by atoms with E-state index < -0.39 is 0 Å². The van der Waals surface area contributed by atoms with E-state index in [1.807, 2.05) is 6.26 Å². The topological polar surface area (TPSA) is 25.2 Å². The molecule has 84 valence electrons. The molecule has 0 spiro atoms. The molecule has 1 saturated heterocycles. The number of furan rings is 1. The van der Waals surface area contributed by atoms with E-state index in [0.717, 1.165) is 12.0 Å². The SMILES string of the molecule is Cc1coc2ccc(CC3CCCN3)cc12. The van der Waals surface area contributed by atoms with E-state index in [2.05, 4.69) is 30.4 Å². The van der Waals surface area contributed by atoms with Gasteiger partial charge in [-0.1, -0.05) is 6.07 Å². The first-order valence-corrected chi connectivity index (χ1v) is 6.03. The zero-order chi connectivity index (χ0) is 11.0. The Morgan fingerprint density at radius 2 is 2.38 bits per heavy atom. The Kier molecular flexibility index (Phi) is 2.44. The van der Waals surface area contributed by atoms with E-state index in [1.165, 1.54) is 35.9 Å². The van der Waals surface area contributed by atoms with Crippen LogP contribution in [0.2, 0.25) is 0 Å². The van der Waals surface area contributed by atoms with Crippen molar-refractivity contribution in [3.63, 3.8) is 0 Å². The van der Waals surface area contributed by atoms with E-state index in [0.29, 0.717) is 6.04 Å². The van der Waals surface area contributed by atoms with Crippen molar-refractivity contribution in [1.29, 1.82) is 0 Å². The Labute approximate surface area is 95.6 Å². The molecule has 0 amide bonds. The van der Waals surface area contributed by atoms with Gasteiger partial charge in [0.25, 0.3) is 0 Å². The molecule has 1 fully saturated rings. The molecule has 1 N–H and O–H groups in total. The number of nitrogens with one attached hydrogen (secondary N) is 1. The molecule has 2 nitrogen and oxygen atoms in total. The van der Waals surface area contributed by atoms with Crippen LogP contribution in [0.3, 0.4) is 0 Å². The standard InChI is InChI=1S/C14H17NO/c1-10-9-16-14-5-4-11(8-13(10)14)7-12-3-2-6-15-12/h4-5,8-9,12,15H,2-3,6-7H2,1H3. The Balaban J connectivity index is 1.88. The highest BCUT2D eigenvalue weighted by atomic mass is 16.3. The van der Waals surface area contributed by atoms with Crippen LogP contribution in [-0.2, 0) is 6.42 Å². The fourth-order valence-corrected chi connectivity index (χ4v) is 2.55. The summed E-state index contributed by atoms with van der Waals surface area (Å²) in [6, 6.07) is 7.22. The summed E-state index contributed by atoms with van der Waals surface area (Å²) < 4.78 is 5.46. The second-order valence-corrected chi connectivity index (χ2v) is 4.75. The number of aryl methyl sites for hydroxylation is 1. The molecule has 0 aliphatic carbocycles. The summed E-state index contributed by atoms with van der Waals surface area (Å²) in [4.78, 5) is 0. The molecule has 1 aliphatic rings. The molecule has 3 rings (SSSR count). The van der Waals surface area contributed by atoms with Crippen LogP contribution in [0.5, 0.6) is 0 Å². The highest BCUT2D eigenvalue weighted by Gasteiger charge is 2.14. The Bertz CT molecular complexity index is 494. The van der Waals surface area contributed by atoms with E-state index in [9.17, 15) is 0 Å². The zero-order valence-corrected chi connectivity index (χ0v) is 9.62. The van der Waals surface area contributed by atoms with Crippen LogP contribution < -0.4 is 5.32 Å². The number of fused-ring (bicyclic) bond motifs is 1. The van der Waals surface area contributed by atoms with Gasteiger partial charge in [0.05, 0.1) is 6.26 Å². The van der Waals surface area contributed by atoms with Crippen molar-refractivity contribution in [2.75, 3.05) is 6.54 Å². The smallest absolute Gasteiger partial charge is 0.134 e. The first kappa shape index (κ1) is 9.91. The average molecular weight is 215 g/mol. The molecule has 1 atom stereocenters. The second-order valence-electron chi connectivity index (χ2n) is 4.75. The molecule has 0 bridgehead atoms. The van der Waals surface area contributed by atoms with Crippen LogP contribution in [0, 0.1) is 6.92 Å². The normalized spacial score (nSPS) is 20.7. The van der Waals surface area contributed by atoms with Crippen LogP contribution in [-0.4, -0.2) is 12.6 Å². The van der Waals surface area contributed by atoms with Gasteiger partial charge in [-0.15, -0.1) is 0 Å². The minimum Gasteiger partial charge on any atom is -0.464 e. The molecular weight excluding hydrogens is 198 g/mol. The minimum absolute atomic E-state index is 0.671. The molecule has 1 unspecified atom stereocenters. The van der Waals surface area contributed by atoms with E-state index in [4.69, 9.17) is 4.42 Å². The fraction of sp³-hybridized carbons (Fsp3) is 0.429. The maximum Gasteiger partial charge on any atom is 0.134 e. The summed E-state index contributed by atoms with van der Waals surface area (Å²) in [7, 11) is 0. The van der Waals surface area contributed by atoms with Crippen molar-refractivity contribution in [1.82, 2.24) is 5.32 Å². The molecular formula is C14H17NO. The highest BCUT2D eigenvalue weighted by Crippen LogP contribution is 2.23. The summed E-state index contributed by atoms with van der Waals surface area (Å²) >= 11 is 0. The molecule has 2 heterocycles. The van der Waals surface area contributed by atoms with Crippen molar-refractivity contribution >= 4 is 11.0 Å². The Hall–Kier alpha value is -1.28. The third-order valence-corrected chi connectivity index (χ3v) is 3.48. The van der Waals surface area contributed by atoms with Gasteiger partial charge < -0.3 is 9.73 Å². The number of rotatable bonds is 2. The summed E-state index contributed by atoms with van der Waals surface area (Å²) in [5.41, 5.74) is 3.65. The lowest BCUT2D eigenvalue weighted by Crippen LogP contribution is -2.23.